The lowest BCUT2D eigenvalue weighted by atomic mass is 10.4. The van der Waals surface area contributed by atoms with Crippen molar-refractivity contribution in [2.75, 3.05) is 5.75 Å². The summed E-state index contributed by atoms with van der Waals surface area (Å²) in [6, 6.07) is 0. The summed E-state index contributed by atoms with van der Waals surface area (Å²) in [5.74, 6) is 2.15. The van der Waals surface area contributed by atoms with Crippen LogP contribution in [0, 0.1) is 0 Å². The molecule has 0 spiro atoms. The minimum atomic E-state index is 0.543. The Labute approximate surface area is 85.7 Å². The third kappa shape index (κ3) is 3.74. The average Bonchev–Trinajstić information content (AvgIpc) is 2.45. The van der Waals surface area contributed by atoms with E-state index in [2.05, 4.69) is 17.1 Å². The molecular formula is C7H11ClN2S2. The quantitative estimate of drug-likeness (QED) is 0.716. The highest BCUT2D eigenvalue weighted by Crippen LogP contribution is 2.20. The van der Waals surface area contributed by atoms with Gasteiger partial charge < -0.3 is 0 Å². The number of unbranched alkanes of at least 4 members (excludes halogenated alkanes) is 1. The van der Waals surface area contributed by atoms with Crippen LogP contribution < -0.4 is 0 Å². The first-order valence-electron chi connectivity index (χ1n) is 3.88. The van der Waals surface area contributed by atoms with Crippen molar-refractivity contribution in [2.45, 2.75) is 25.5 Å². The van der Waals surface area contributed by atoms with E-state index in [0.29, 0.717) is 4.47 Å². The molecule has 12 heavy (non-hydrogen) atoms. The van der Waals surface area contributed by atoms with E-state index >= 15 is 0 Å². The average molecular weight is 223 g/mol. The Morgan fingerprint density at radius 2 is 2.33 bits per heavy atom. The summed E-state index contributed by atoms with van der Waals surface area (Å²) in [6.45, 7) is 2.20. The molecule has 2 nitrogen and oxygen atoms in total. The van der Waals surface area contributed by atoms with E-state index in [4.69, 9.17) is 11.6 Å². The number of aromatic nitrogens is 2. The van der Waals surface area contributed by atoms with Crippen molar-refractivity contribution < 1.29 is 0 Å². The number of hydrogen-bond donors (Lipinski definition) is 0. The van der Waals surface area contributed by atoms with Crippen LogP contribution in [-0.2, 0) is 5.75 Å². The van der Waals surface area contributed by atoms with Gasteiger partial charge in [0.05, 0.1) is 0 Å². The van der Waals surface area contributed by atoms with E-state index in [-0.39, 0.29) is 0 Å². The molecule has 1 rings (SSSR count). The zero-order valence-corrected chi connectivity index (χ0v) is 9.31. The smallest absolute Gasteiger partial charge is 0.155 e. The summed E-state index contributed by atoms with van der Waals surface area (Å²) < 4.78 is 0.543. The zero-order chi connectivity index (χ0) is 8.81. The number of rotatable bonds is 5. The predicted octanol–water partition coefficient (Wildman–Crippen LogP) is 3.22. The van der Waals surface area contributed by atoms with Crippen molar-refractivity contribution in [3.63, 3.8) is 0 Å². The molecule has 1 aromatic heterocycles. The maximum Gasteiger partial charge on any atom is 0.207 e. The van der Waals surface area contributed by atoms with Crippen LogP contribution in [0.4, 0.5) is 0 Å². The monoisotopic (exact) mass is 222 g/mol. The van der Waals surface area contributed by atoms with Gasteiger partial charge >= 0.3 is 0 Å². The van der Waals surface area contributed by atoms with Crippen molar-refractivity contribution in [1.29, 1.82) is 0 Å². The molecule has 0 bridgehead atoms. The third-order valence-electron chi connectivity index (χ3n) is 1.31. The maximum atomic E-state index is 5.64. The molecule has 5 heteroatoms. The fraction of sp³-hybridized carbons (Fsp3) is 0.714. The van der Waals surface area contributed by atoms with Crippen LogP contribution in [0.25, 0.3) is 0 Å². The Morgan fingerprint density at radius 3 is 2.92 bits per heavy atom. The molecule has 0 atom stereocenters. The van der Waals surface area contributed by atoms with Crippen LogP contribution >= 0.6 is 34.7 Å². The lowest BCUT2D eigenvalue weighted by Gasteiger charge is -1.94. The zero-order valence-electron chi connectivity index (χ0n) is 6.92. The van der Waals surface area contributed by atoms with E-state index in [0.717, 1.165) is 10.8 Å². The van der Waals surface area contributed by atoms with E-state index in [1.807, 2.05) is 11.8 Å². The van der Waals surface area contributed by atoms with Crippen molar-refractivity contribution >= 4 is 34.7 Å². The van der Waals surface area contributed by atoms with Gasteiger partial charge in [-0.05, 0) is 23.8 Å². The molecule has 0 aliphatic heterocycles. The fourth-order valence-corrected chi connectivity index (χ4v) is 2.72. The molecule has 0 saturated carbocycles. The number of thioether (sulfide) groups is 1. The molecule has 0 aliphatic carbocycles. The Balaban J connectivity index is 2.15. The number of nitrogens with zero attached hydrogens (tertiary/aromatic N) is 2. The Kier molecular flexibility index (Phi) is 4.95. The topological polar surface area (TPSA) is 25.8 Å². The molecular weight excluding hydrogens is 212 g/mol. The molecule has 1 heterocycles. The van der Waals surface area contributed by atoms with Crippen LogP contribution in [0.2, 0.25) is 4.47 Å². The normalized spacial score (nSPS) is 10.5. The lowest BCUT2D eigenvalue weighted by Crippen LogP contribution is -1.82. The molecule has 0 aromatic carbocycles. The van der Waals surface area contributed by atoms with Gasteiger partial charge in [-0.2, -0.15) is 11.8 Å². The summed E-state index contributed by atoms with van der Waals surface area (Å²) in [7, 11) is 0. The largest absolute Gasteiger partial charge is 0.207 e. The second kappa shape index (κ2) is 5.78. The third-order valence-corrected chi connectivity index (χ3v) is 3.57. The first kappa shape index (κ1) is 10.3. The van der Waals surface area contributed by atoms with Gasteiger partial charge in [0.2, 0.25) is 4.47 Å². The molecule has 0 N–H and O–H groups in total. The summed E-state index contributed by atoms with van der Waals surface area (Å²) in [5, 5.41) is 8.69. The van der Waals surface area contributed by atoms with Gasteiger partial charge in [-0.25, -0.2) is 0 Å². The van der Waals surface area contributed by atoms with Crippen LogP contribution in [0.1, 0.15) is 24.8 Å². The van der Waals surface area contributed by atoms with E-state index in [1.165, 1.54) is 29.9 Å². The summed E-state index contributed by atoms with van der Waals surface area (Å²) in [6.07, 6.45) is 2.53. The van der Waals surface area contributed by atoms with Crippen LogP contribution in [-0.4, -0.2) is 16.0 Å². The predicted molar refractivity (Wildman–Crippen MR) is 56.0 cm³/mol. The Hall–Kier alpha value is 0.200. The van der Waals surface area contributed by atoms with Gasteiger partial charge in [-0.15, -0.1) is 10.2 Å². The highest BCUT2D eigenvalue weighted by Gasteiger charge is 2.00. The van der Waals surface area contributed by atoms with Crippen LogP contribution in [0.5, 0.6) is 0 Å². The second-order valence-electron chi connectivity index (χ2n) is 2.35. The van der Waals surface area contributed by atoms with E-state index < -0.39 is 0 Å². The van der Waals surface area contributed by atoms with Gasteiger partial charge in [-0.3, -0.25) is 0 Å². The first-order valence-corrected chi connectivity index (χ1v) is 6.23. The molecule has 0 fully saturated rings. The van der Waals surface area contributed by atoms with Gasteiger partial charge in [0.15, 0.2) is 0 Å². The van der Waals surface area contributed by atoms with Gasteiger partial charge in [-0.1, -0.05) is 24.7 Å². The summed E-state index contributed by atoms with van der Waals surface area (Å²) in [5.41, 5.74) is 0. The Bertz CT molecular complexity index is 227. The number of hydrogen-bond acceptors (Lipinski definition) is 4. The van der Waals surface area contributed by atoms with Crippen molar-refractivity contribution in [3.8, 4) is 0 Å². The maximum absolute atomic E-state index is 5.64. The summed E-state index contributed by atoms with van der Waals surface area (Å²) >= 11 is 9.00. The molecule has 0 radical (unpaired) electrons. The van der Waals surface area contributed by atoms with Crippen LogP contribution in [0.15, 0.2) is 0 Å². The highest BCUT2D eigenvalue weighted by molar-refractivity contribution is 7.98. The van der Waals surface area contributed by atoms with Gasteiger partial charge in [0.1, 0.15) is 5.01 Å². The first-order chi connectivity index (χ1) is 5.83. The highest BCUT2D eigenvalue weighted by atomic mass is 35.5. The molecule has 0 aliphatic rings. The lowest BCUT2D eigenvalue weighted by molar-refractivity contribution is 0.895. The van der Waals surface area contributed by atoms with E-state index in [9.17, 15) is 0 Å². The Morgan fingerprint density at radius 1 is 1.50 bits per heavy atom. The van der Waals surface area contributed by atoms with Gasteiger partial charge in [0, 0.05) is 5.75 Å². The van der Waals surface area contributed by atoms with Crippen molar-refractivity contribution in [1.82, 2.24) is 10.2 Å². The van der Waals surface area contributed by atoms with Crippen molar-refractivity contribution in [3.05, 3.63) is 9.47 Å². The molecule has 0 unspecified atom stereocenters. The van der Waals surface area contributed by atoms with E-state index in [1.54, 1.807) is 0 Å². The molecule has 0 saturated heterocycles. The summed E-state index contributed by atoms with van der Waals surface area (Å²) in [4.78, 5) is 0. The van der Waals surface area contributed by atoms with Gasteiger partial charge in [0.25, 0.3) is 0 Å². The minimum absolute atomic E-state index is 0.543. The number of halogens is 1. The second-order valence-corrected chi connectivity index (χ2v) is 5.10. The van der Waals surface area contributed by atoms with Crippen LogP contribution in [0.3, 0.4) is 0 Å². The molecule has 0 amide bonds. The fourth-order valence-electron chi connectivity index (χ4n) is 0.697. The standard InChI is InChI=1S/C7H11ClN2S2/c1-2-3-4-11-5-6-9-10-7(8)12-6/h2-5H2,1H3. The molecule has 68 valence electrons. The molecule has 1 aromatic rings. The minimum Gasteiger partial charge on any atom is -0.155 e. The SMILES string of the molecule is CCCCSCc1nnc(Cl)s1. The van der Waals surface area contributed by atoms with Crippen molar-refractivity contribution in [2.24, 2.45) is 0 Å².